The van der Waals surface area contributed by atoms with E-state index in [1.807, 2.05) is 0 Å². The Labute approximate surface area is 153 Å². The normalized spacial score (nSPS) is 18.4. The van der Waals surface area contributed by atoms with Crippen LogP contribution in [-0.2, 0) is 19.4 Å². The van der Waals surface area contributed by atoms with Crippen LogP contribution in [0.1, 0.15) is 16.9 Å². The molecular formula is C16H15FN2O5S2. The third-order valence-electron chi connectivity index (χ3n) is 3.74. The number of halogens is 1. The molecule has 0 aliphatic carbocycles. The summed E-state index contributed by atoms with van der Waals surface area (Å²) in [5.74, 6) is -1.74. The highest BCUT2D eigenvalue weighted by Gasteiger charge is 2.29. The van der Waals surface area contributed by atoms with Gasteiger partial charge in [-0.05, 0) is 30.7 Å². The first-order valence-corrected chi connectivity index (χ1v) is 10.4. The maximum Gasteiger partial charge on any atom is 0.358 e. The Morgan fingerprint density at radius 3 is 2.69 bits per heavy atom. The van der Waals surface area contributed by atoms with E-state index in [0.29, 0.717) is 17.0 Å². The van der Waals surface area contributed by atoms with E-state index in [1.165, 1.54) is 28.8 Å². The summed E-state index contributed by atoms with van der Waals surface area (Å²) in [4.78, 5) is 27.9. The second-order valence-electron chi connectivity index (χ2n) is 5.79. The van der Waals surface area contributed by atoms with Crippen LogP contribution < -0.4 is 5.32 Å². The standard InChI is InChI=1S/C16H15FN2O5S2/c17-11-3-1-10(2-4-11)15-19-13(8-25-15)16(21)24-7-14(20)18-12-5-6-26(22,23)9-12/h1-4,8,12H,5-7,9H2,(H,18,20)/t12-/m0/s1. The number of nitrogens with one attached hydrogen (secondary N) is 1. The number of hydrogen-bond acceptors (Lipinski definition) is 7. The van der Waals surface area contributed by atoms with Crippen molar-refractivity contribution in [3.63, 3.8) is 0 Å². The maximum absolute atomic E-state index is 12.9. The Balaban J connectivity index is 1.52. The Hall–Kier alpha value is -2.33. The molecular weight excluding hydrogens is 383 g/mol. The molecule has 0 saturated carbocycles. The Kier molecular flexibility index (Phi) is 5.33. The Bertz CT molecular complexity index is 924. The van der Waals surface area contributed by atoms with Crippen molar-refractivity contribution in [2.24, 2.45) is 0 Å². The van der Waals surface area contributed by atoms with Crippen LogP contribution in [0.25, 0.3) is 10.6 Å². The van der Waals surface area contributed by atoms with E-state index in [1.54, 1.807) is 12.1 Å². The van der Waals surface area contributed by atoms with Gasteiger partial charge in [0.2, 0.25) is 0 Å². The van der Waals surface area contributed by atoms with Crippen LogP contribution in [0.15, 0.2) is 29.6 Å². The topological polar surface area (TPSA) is 102 Å². The number of thiazole rings is 1. The molecule has 1 aromatic heterocycles. The quantitative estimate of drug-likeness (QED) is 0.764. The smallest absolute Gasteiger partial charge is 0.358 e. The molecule has 1 atom stereocenters. The first-order valence-electron chi connectivity index (χ1n) is 7.71. The number of benzene rings is 1. The van der Waals surface area contributed by atoms with Crippen LogP contribution in [0.5, 0.6) is 0 Å². The lowest BCUT2D eigenvalue weighted by Crippen LogP contribution is -2.38. The lowest BCUT2D eigenvalue weighted by molar-refractivity contribution is -0.124. The molecule has 10 heteroatoms. The van der Waals surface area contributed by atoms with Gasteiger partial charge in [0.15, 0.2) is 22.1 Å². The molecule has 138 valence electrons. The van der Waals surface area contributed by atoms with E-state index in [9.17, 15) is 22.4 Å². The molecule has 1 aromatic carbocycles. The summed E-state index contributed by atoms with van der Waals surface area (Å²) in [5.41, 5.74) is 0.709. The third-order valence-corrected chi connectivity index (χ3v) is 6.40. The summed E-state index contributed by atoms with van der Waals surface area (Å²) >= 11 is 1.20. The van der Waals surface area contributed by atoms with Crippen LogP contribution in [0.3, 0.4) is 0 Å². The fourth-order valence-corrected chi connectivity index (χ4v) is 4.94. The molecule has 1 aliphatic rings. The number of nitrogens with zero attached hydrogens (tertiary/aromatic N) is 1. The van der Waals surface area contributed by atoms with Crippen LogP contribution in [0.4, 0.5) is 4.39 Å². The minimum absolute atomic E-state index is 0.0444. The van der Waals surface area contributed by atoms with E-state index < -0.39 is 34.4 Å². The SMILES string of the molecule is O=C(COC(=O)c1csc(-c2ccc(F)cc2)n1)N[C@H]1CCS(=O)(=O)C1. The average Bonchev–Trinajstić information content (AvgIpc) is 3.20. The molecule has 1 fully saturated rings. The number of ether oxygens (including phenoxy) is 1. The highest BCUT2D eigenvalue weighted by Crippen LogP contribution is 2.24. The molecule has 0 spiro atoms. The predicted octanol–water partition coefficient (Wildman–Crippen LogP) is 1.41. The van der Waals surface area contributed by atoms with Crippen molar-refractivity contribution in [3.05, 3.63) is 41.2 Å². The average molecular weight is 398 g/mol. The zero-order valence-corrected chi connectivity index (χ0v) is 15.1. The van der Waals surface area contributed by atoms with Gasteiger partial charge in [-0.2, -0.15) is 0 Å². The van der Waals surface area contributed by atoms with Gasteiger partial charge in [-0.15, -0.1) is 11.3 Å². The van der Waals surface area contributed by atoms with Crippen molar-refractivity contribution in [1.29, 1.82) is 0 Å². The van der Waals surface area contributed by atoms with Gasteiger partial charge in [-0.25, -0.2) is 22.6 Å². The predicted molar refractivity (Wildman–Crippen MR) is 93.0 cm³/mol. The number of carbonyl (C=O) groups excluding carboxylic acids is 2. The molecule has 2 heterocycles. The fourth-order valence-electron chi connectivity index (χ4n) is 2.48. The van der Waals surface area contributed by atoms with Gasteiger partial charge in [-0.1, -0.05) is 0 Å². The number of esters is 1. The molecule has 1 saturated heterocycles. The highest BCUT2D eigenvalue weighted by atomic mass is 32.2. The Morgan fingerprint density at radius 1 is 1.31 bits per heavy atom. The molecule has 1 amide bonds. The molecule has 2 aromatic rings. The summed E-state index contributed by atoms with van der Waals surface area (Å²) in [7, 11) is -3.10. The van der Waals surface area contributed by atoms with Gasteiger partial charge in [-0.3, -0.25) is 4.79 Å². The van der Waals surface area contributed by atoms with Crippen molar-refractivity contribution >= 4 is 33.1 Å². The molecule has 26 heavy (non-hydrogen) atoms. The molecule has 7 nitrogen and oxygen atoms in total. The van der Waals surface area contributed by atoms with Crippen LogP contribution >= 0.6 is 11.3 Å². The zero-order valence-electron chi connectivity index (χ0n) is 13.5. The molecule has 0 unspecified atom stereocenters. The molecule has 3 rings (SSSR count). The van der Waals surface area contributed by atoms with Crippen molar-refractivity contribution in [1.82, 2.24) is 10.3 Å². The molecule has 0 bridgehead atoms. The second-order valence-corrected chi connectivity index (χ2v) is 8.88. The number of sulfone groups is 1. The number of aromatic nitrogens is 1. The van der Waals surface area contributed by atoms with Gasteiger partial charge in [0.1, 0.15) is 10.8 Å². The molecule has 0 radical (unpaired) electrons. The largest absolute Gasteiger partial charge is 0.451 e. The van der Waals surface area contributed by atoms with E-state index in [-0.39, 0.29) is 23.0 Å². The van der Waals surface area contributed by atoms with Crippen molar-refractivity contribution < 1.29 is 27.1 Å². The minimum Gasteiger partial charge on any atom is -0.451 e. The molecule has 1 N–H and O–H groups in total. The van der Waals surface area contributed by atoms with Gasteiger partial charge in [0.05, 0.1) is 11.5 Å². The van der Waals surface area contributed by atoms with Gasteiger partial charge < -0.3 is 10.1 Å². The van der Waals surface area contributed by atoms with Gasteiger partial charge in [0.25, 0.3) is 5.91 Å². The van der Waals surface area contributed by atoms with E-state index in [4.69, 9.17) is 4.74 Å². The Morgan fingerprint density at radius 2 is 2.04 bits per heavy atom. The van der Waals surface area contributed by atoms with Crippen molar-refractivity contribution in [2.45, 2.75) is 12.5 Å². The van der Waals surface area contributed by atoms with Gasteiger partial charge >= 0.3 is 5.97 Å². The summed E-state index contributed by atoms with van der Waals surface area (Å²) in [5, 5.41) is 4.54. The van der Waals surface area contributed by atoms with Crippen molar-refractivity contribution in [3.8, 4) is 10.6 Å². The highest BCUT2D eigenvalue weighted by molar-refractivity contribution is 7.91. The van der Waals surface area contributed by atoms with E-state index >= 15 is 0 Å². The lowest BCUT2D eigenvalue weighted by Gasteiger charge is -2.10. The van der Waals surface area contributed by atoms with Crippen LogP contribution in [-0.4, -0.2) is 49.4 Å². The second kappa shape index (κ2) is 7.50. The summed E-state index contributed by atoms with van der Waals surface area (Å²) in [6.07, 6.45) is 0.356. The van der Waals surface area contributed by atoms with E-state index in [0.717, 1.165) is 0 Å². The number of rotatable bonds is 5. The van der Waals surface area contributed by atoms with Gasteiger partial charge in [0, 0.05) is 17.0 Å². The first kappa shape index (κ1) is 18.5. The zero-order chi connectivity index (χ0) is 18.7. The van der Waals surface area contributed by atoms with Crippen LogP contribution in [0.2, 0.25) is 0 Å². The summed E-state index contributed by atoms with van der Waals surface area (Å²) < 4.78 is 40.5. The monoisotopic (exact) mass is 398 g/mol. The van der Waals surface area contributed by atoms with E-state index in [2.05, 4.69) is 10.3 Å². The van der Waals surface area contributed by atoms with Crippen molar-refractivity contribution in [2.75, 3.05) is 18.1 Å². The number of carbonyl (C=O) groups is 2. The third kappa shape index (κ3) is 4.64. The maximum atomic E-state index is 12.9. The first-order chi connectivity index (χ1) is 12.3. The lowest BCUT2D eigenvalue weighted by atomic mass is 10.2. The fraction of sp³-hybridized carbons (Fsp3) is 0.312. The summed E-state index contributed by atoms with van der Waals surface area (Å²) in [6.45, 7) is -0.515. The molecule has 1 aliphatic heterocycles. The minimum atomic E-state index is -3.10. The number of hydrogen-bond donors (Lipinski definition) is 1. The van der Waals surface area contributed by atoms with Crippen LogP contribution in [0, 0.1) is 5.82 Å². The number of amides is 1. The summed E-state index contributed by atoms with van der Waals surface area (Å²) in [6, 6.07) is 5.24.